The molecule has 1 heteroatoms. The van der Waals surface area contributed by atoms with E-state index in [0.29, 0.717) is 12.2 Å². The lowest BCUT2D eigenvalue weighted by Gasteiger charge is -2.07. The maximum atomic E-state index is 12.0. The summed E-state index contributed by atoms with van der Waals surface area (Å²) in [5.74, 6) is 0.621. The third-order valence-electron chi connectivity index (χ3n) is 3.30. The van der Waals surface area contributed by atoms with Crippen LogP contribution in [-0.2, 0) is 17.6 Å². The number of Topliss-reactive ketones (excluding diaryl/α,β-unsaturated/α-hetero) is 1. The van der Waals surface area contributed by atoms with Crippen LogP contribution in [0.1, 0.15) is 30.9 Å². The minimum absolute atomic E-state index is 0.219. The van der Waals surface area contributed by atoms with Crippen LogP contribution in [0.4, 0.5) is 0 Å². The molecular weight excluding hydrogens is 196 g/mol. The molecule has 0 aromatic heterocycles. The molecule has 1 nitrogen and oxygen atoms in total. The molecule has 0 fully saturated rings. The molecule has 1 aromatic rings. The van der Waals surface area contributed by atoms with Crippen LogP contribution in [0.3, 0.4) is 0 Å². The summed E-state index contributed by atoms with van der Waals surface area (Å²) >= 11 is 0. The third-order valence-corrected chi connectivity index (χ3v) is 3.30. The van der Waals surface area contributed by atoms with E-state index in [1.165, 1.54) is 11.1 Å². The Bertz CT molecular complexity index is 392. The molecule has 1 aliphatic rings. The van der Waals surface area contributed by atoms with E-state index in [2.05, 4.69) is 30.8 Å². The fraction of sp³-hybridized carbons (Fsp3) is 0.400. The molecule has 0 radical (unpaired) electrons. The van der Waals surface area contributed by atoms with Gasteiger partial charge in [0.25, 0.3) is 0 Å². The number of carbonyl (C=O) groups is 1. The molecule has 0 saturated carbocycles. The lowest BCUT2D eigenvalue weighted by atomic mass is 9.96. The average Bonchev–Trinajstić information content (AvgIpc) is 2.69. The SMILES string of the molecule is C=C(C)CCC(=O)C1Cc2ccccc2C1. The van der Waals surface area contributed by atoms with Gasteiger partial charge in [0, 0.05) is 12.3 Å². The largest absolute Gasteiger partial charge is 0.299 e. The van der Waals surface area contributed by atoms with Gasteiger partial charge in [-0.15, -0.1) is 6.58 Å². The maximum Gasteiger partial charge on any atom is 0.136 e. The van der Waals surface area contributed by atoms with Gasteiger partial charge >= 0.3 is 0 Å². The first-order chi connectivity index (χ1) is 7.66. The van der Waals surface area contributed by atoms with Crippen molar-refractivity contribution in [1.82, 2.24) is 0 Å². The molecule has 1 aliphatic carbocycles. The predicted octanol–water partition coefficient (Wildman–Crippen LogP) is 3.33. The molecule has 2 rings (SSSR count). The van der Waals surface area contributed by atoms with Crippen molar-refractivity contribution in [1.29, 1.82) is 0 Å². The van der Waals surface area contributed by atoms with E-state index < -0.39 is 0 Å². The predicted molar refractivity (Wildman–Crippen MR) is 66.4 cm³/mol. The highest BCUT2D eigenvalue weighted by atomic mass is 16.1. The number of ketones is 1. The highest BCUT2D eigenvalue weighted by Crippen LogP contribution is 2.28. The Kier molecular flexibility index (Phi) is 3.23. The molecule has 0 heterocycles. The Labute approximate surface area is 97.2 Å². The average molecular weight is 214 g/mol. The molecule has 84 valence electrons. The van der Waals surface area contributed by atoms with Gasteiger partial charge in [-0.05, 0) is 37.3 Å². The van der Waals surface area contributed by atoms with Crippen LogP contribution in [0.2, 0.25) is 0 Å². The first-order valence-corrected chi connectivity index (χ1v) is 5.90. The quantitative estimate of drug-likeness (QED) is 0.703. The Balaban J connectivity index is 1.96. The summed E-state index contributed by atoms with van der Waals surface area (Å²) in [6.07, 6.45) is 3.37. The van der Waals surface area contributed by atoms with Gasteiger partial charge in [0.15, 0.2) is 0 Å². The van der Waals surface area contributed by atoms with E-state index in [9.17, 15) is 4.79 Å². The zero-order chi connectivity index (χ0) is 11.5. The summed E-state index contributed by atoms with van der Waals surface area (Å²) in [6.45, 7) is 5.82. The van der Waals surface area contributed by atoms with Crippen molar-refractivity contribution in [2.45, 2.75) is 32.6 Å². The normalized spacial score (nSPS) is 14.8. The van der Waals surface area contributed by atoms with Crippen molar-refractivity contribution >= 4 is 5.78 Å². The molecule has 0 saturated heterocycles. The lowest BCUT2D eigenvalue weighted by molar-refractivity contribution is -0.122. The number of fused-ring (bicyclic) bond motifs is 1. The summed E-state index contributed by atoms with van der Waals surface area (Å²) < 4.78 is 0. The molecule has 0 N–H and O–H groups in total. The Hall–Kier alpha value is -1.37. The number of rotatable bonds is 4. The van der Waals surface area contributed by atoms with Gasteiger partial charge < -0.3 is 0 Å². The zero-order valence-corrected chi connectivity index (χ0v) is 9.83. The van der Waals surface area contributed by atoms with Crippen LogP contribution in [0.5, 0.6) is 0 Å². The van der Waals surface area contributed by atoms with Crippen LogP contribution in [0.25, 0.3) is 0 Å². The highest BCUT2D eigenvalue weighted by molar-refractivity contribution is 5.82. The molecule has 0 amide bonds. The fourth-order valence-electron chi connectivity index (χ4n) is 2.33. The van der Waals surface area contributed by atoms with Crippen molar-refractivity contribution in [3.05, 3.63) is 47.5 Å². The van der Waals surface area contributed by atoms with Crippen molar-refractivity contribution in [3.63, 3.8) is 0 Å². The second-order valence-electron chi connectivity index (χ2n) is 4.80. The number of carbonyl (C=O) groups excluding carboxylic acids is 1. The van der Waals surface area contributed by atoms with E-state index in [1.54, 1.807) is 0 Å². The molecule has 16 heavy (non-hydrogen) atoms. The Morgan fingerprint density at radius 3 is 2.31 bits per heavy atom. The van der Waals surface area contributed by atoms with E-state index >= 15 is 0 Å². The van der Waals surface area contributed by atoms with E-state index in [4.69, 9.17) is 0 Å². The van der Waals surface area contributed by atoms with Crippen molar-refractivity contribution in [2.75, 3.05) is 0 Å². The molecular formula is C15H18O. The highest BCUT2D eigenvalue weighted by Gasteiger charge is 2.26. The van der Waals surface area contributed by atoms with Crippen LogP contribution >= 0.6 is 0 Å². The Morgan fingerprint density at radius 2 is 1.81 bits per heavy atom. The second-order valence-corrected chi connectivity index (χ2v) is 4.80. The molecule has 0 atom stereocenters. The van der Waals surface area contributed by atoms with E-state index in [1.807, 2.05) is 6.92 Å². The molecule has 0 unspecified atom stereocenters. The number of hydrogen-bond donors (Lipinski definition) is 0. The van der Waals surface area contributed by atoms with Gasteiger partial charge in [-0.25, -0.2) is 0 Å². The fourth-order valence-corrected chi connectivity index (χ4v) is 2.33. The molecule has 1 aromatic carbocycles. The minimum Gasteiger partial charge on any atom is -0.299 e. The second kappa shape index (κ2) is 4.65. The topological polar surface area (TPSA) is 17.1 Å². The summed E-state index contributed by atoms with van der Waals surface area (Å²) in [7, 11) is 0. The van der Waals surface area contributed by atoms with Crippen molar-refractivity contribution in [3.8, 4) is 0 Å². The van der Waals surface area contributed by atoms with Gasteiger partial charge in [-0.1, -0.05) is 29.8 Å². The standard InChI is InChI=1S/C15H18O/c1-11(2)7-8-15(16)14-9-12-5-3-4-6-13(12)10-14/h3-6,14H,1,7-10H2,2H3. The zero-order valence-electron chi connectivity index (χ0n) is 9.83. The third kappa shape index (κ3) is 2.41. The minimum atomic E-state index is 0.219. The van der Waals surface area contributed by atoms with Gasteiger partial charge in [0.05, 0.1) is 0 Å². The summed E-state index contributed by atoms with van der Waals surface area (Å²) in [5.41, 5.74) is 3.82. The van der Waals surface area contributed by atoms with Crippen LogP contribution in [0, 0.1) is 5.92 Å². The number of hydrogen-bond acceptors (Lipinski definition) is 1. The maximum absolute atomic E-state index is 12.0. The van der Waals surface area contributed by atoms with Crippen LogP contribution < -0.4 is 0 Å². The summed E-state index contributed by atoms with van der Waals surface area (Å²) in [6, 6.07) is 8.39. The van der Waals surface area contributed by atoms with Crippen LogP contribution in [-0.4, -0.2) is 5.78 Å². The van der Waals surface area contributed by atoms with Gasteiger partial charge in [0.2, 0.25) is 0 Å². The van der Waals surface area contributed by atoms with E-state index in [-0.39, 0.29) is 5.92 Å². The first kappa shape index (κ1) is 11.1. The lowest BCUT2D eigenvalue weighted by Crippen LogP contribution is -2.14. The number of benzene rings is 1. The van der Waals surface area contributed by atoms with Crippen LogP contribution in [0.15, 0.2) is 36.4 Å². The van der Waals surface area contributed by atoms with Gasteiger partial charge in [-0.3, -0.25) is 4.79 Å². The molecule has 0 aliphatic heterocycles. The first-order valence-electron chi connectivity index (χ1n) is 5.90. The van der Waals surface area contributed by atoms with Crippen molar-refractivity contribution < 1.29 is 4.79 Å². The molecule has 0 bridgehead atoms. The molecule has 0 spiro atoms. The Morgan fingerprint density at radius 1 is 1.25 bits per heavy atom. The van der Waals surface area contributed by atoms with E-state index in [0.717, 1.165) is 24.8 Å². The monoisotopic (exact) mass is 214 g/mol. The smallest absolute Gasteiger partial charge is 0.136 e. The number of allylic oxidation sites excluding steroid dienone is 1. The van der Waals surface area contributed by atoms with Gasteiger partial charge in [0.1, 0.15) is 5.78 Å². The summed E-state index contributed by atoms with van der Waals surface area (Å²) in [4.78, 5) is 12.0. The van der Waals surface area contributed by atoms with Gasteiger partial charge in [-0.2, -0.15) is 0 Å². The summed E-state index contributed by atoms with van der Waals surface area (Å²) in [5, 5.41) is 0. The van der Waals surface area contributed by atoms with Crippen molar-refractivity contribution in [2.24, 2.45) is 5.92 Å².